The molecule has 0 fully saturated rings. The molecule has 0 atom stereocenters. The van der Waals surface area contributed by atoms with Crippen LogP contribution in [0.15, 0.2) is 35.4 Å². The highest BCUT2D eigenvalue weighted by Crippen LogP contribution is 2.38. The number of anilines is 1. The summed E-state index contributed by atoms with van der Waals surface area (Å²) in [6.45, 7) is 8.18. The average Bonchev–Trinajstić information content (AvgIpc) is 3.34. The number of ether oxygens (including phenoxy) is 2. The zero-order valence-corrected chi connectivity index (χ0v) is 27.4. The van der Waals surface area contributed by atoms with Gasteiger partial charge < -0.3 is 14.8 Å². The van der Waals surface area contributed by atoms with Gasteiger partial charge in [-0.25, -0.2) is 31.3 Å². The van der Waals surface area contributed by atoms with E-state index in [-0.39, 0.29) is 34.2 Å². The first kappa shape index (κ1) is 33.2. The lowest BCUT2D eigenvalue weighted by molar-refractivity contribution is 0.0802. The Hall–Kier alpha value is -3.66. The van der Waals surface area contributed by atoms with Gasteiger partial charge in [0.15, 0.2) is 22.2 Å². The van der Waals surface area contributed by atoms with E-state index in [1.54, 1.807) is 0 Å². The summed E-state index contributed by atoms with van der Waals surface area (Å²) in [6.07, 6.45) is 1.16. The van der Waals surface area contributed by atoms with E-state index in [9.17, 15) is 13.2 Å². The number of hydrogen-bond donors (Lipinski definition) is 2. The van der Waals surface area contributed by atoms with Gasteiger partial charge in [-0.2, -0.15) is 5.10 Å². The lowest BCUT2D eigenvalue weighted by atomic mass is 9.97. The van der Waals surface area contributed by atoms with Crippen LogP contribution in [0.2, 0.25) is 30.7 Å². The number of methoxy groups -OCH3 is 1. The van der Waals surface area contributed by atoms with Crippen LogP contribution in [0, 0.1) is 24.4 Å². The highest BCUT2D eigenvalue weighted by atomic mass is 35.5. The molecule has 2 aromatic heterocycles. The largest absolute Gasteiger partial charge is 0.480 e. The molecule has 0 unspecified atom stereocenters. The SMILES string of the molecule is CNC(=O)c1nn(COCC[Si](C)(C)C)c2c(F)c(-c3c(F)ccc(NS(=O)(=O)c4cc(Cl)cnc4OC)c3F)cc(C)c12. The molecule has 0 saturated carbocycles. The second kappa shape index (κ2) is 12.8. The van der Waals surface area contributed by atoms with Gasteiger partial charge in [-0.05, 0) is 42.8 Å². The standard InChI is InChI=1S/C28H31ClF3N5O5SSi/c1-15-11-17(23(31)26-21(15)25(27(38)33-2)35-37(26)14-42-9-10-44(4,5)6)22-18(30)7-8-19(24(22)32)36-43(39,40)20-12-16(29)13-34-28(20)41-3/h7-8,11-13,36H,9-10,14H2,1-6H3,(H,33,38). The van der Waals surface area contributed by atoms with E-state index >= 15 is 13.2 Å². The number of hydrogen-bond acceptors (Lipinski definition) is 7. The van der Waals surface area contributed by atoms with Gasteiger partial charge >= 0.3 is 0 Å². The maximum Gasteiger partial charge on any atom is 0.272 e. The molecular weight excluding hydrogens is 639 g/mol. The third-order valence-corrected chi connectivity index (χ3v) is 9.95. The molecule has 0 aliphatic carbocycles. The van der Waals surface area contributed by atoms with Crippen molar-refractivity contribution in [1.29, 1.82) is 0 Å². The van der Waals surface area contributed by atoms with Gasteiger partial charge in [-0.1, -0.05) is 31.2 Å². The number of sulfonamides is 1. The van der Waals surface area contributed by atoms with Crippen molar-refractivity contribution >= 4 is 52.2 Å². The minimum atomic E-state index is -4.56. The molecule has 0 saturated heterocycles. The van der Waals surface area contributed by atoms with Gasteiger partial charge in [0.2, 0.25) is 5.88 Å². The first-order valence-electron chi connectivity index (χ1n) is 13.3. The fourth-order valence-electron chi connectivity index (χ4n) is 4.45. The van der Waals surface area contributed by atoms with Crippen molar-refractivity contribution in [3.63, 3.8) is 0 Å². The first-order chi connectivity index (χ1) is 20.6. The van der Waals surface area contributed by atoms with Gasteiger partial charge in [0.1, 0.15) is 18.1 Å². The summed E-state index contributed by atoms with van der Waals surface area (Å²) in [6, 6.07) is 4.70. The summed E-state index contributed by atoms with van der Waals surface area (Å²) >= 11 is 5.91. The topological polar surface area (TPSA) is 124 Å². The van der Waals surface area contributed by atoms with Crippen LogP contribution in [0.1, 0.15) is 16.1 Å². The molecule has 2 heterocycles. The normalized spacial score (nSPS) is 12.0. The van der Waals surface area contributed by atoms with Crippen LogP contribution in [0.4, 0.5) is 18.9 Å². The number of nitrogens with one attached hydrogen (secondary N) is 2. The summed E-state index contributed by atoms with van der Waals surface area (Å²) < 4.78 is 87.8. The predicted molar refractivity (Wildman–Crippen MR) is 164 cm³/mol. The van der Waals surface area contributed by atoms with Crippen LogP contribution < -0.4 is 14.8 Å². The van der Waals surface area contributed by atoms with Crippen LogP contribution in [0.25, 0.3) is 22.0 Å². The Morgan fingerprint density at radius 1 is 1.14 bits per heavy atom. The molecule has 10 nitrogen and oxygen atoms in total. The third kappa shape index (κ3) is 6.70. The quantitative estimate of drug-likeness (QED) is 0.149. The van der Waals surface area contributed by atoms with Crippen LogP contribution in [0.3, 0.4) is 0 Å². The number of rotatable bonds is 11. The van der Waals surface area contributed by atoms with Gasteiger partial charge in [0, 0.05) is 38.9 Å². The number of halogens is 4. The molecule has 16 heteroatoms. The lowest BCUT2D eigenvalue weighted by Gasteiger charge is -2.16. The first-order valence-corrected chi connectivity index (χ1v) is 18.9. The van der Waals surface area contributed by atoms with Crippen LogP contribution >= 0.6 is 11.6 Å². The summed E-state index contributed by atoms with van der Waals surface area (Å²) in [4.78, 5) is 15.9. The molecule has 2 N–H and O–H groups in total. The molecule has 4 rings (SSSR count). The van der Waals surface area contributed by atoms with Crippen molar-refractivity contribution < 1.29 is 35.9 Å². The van der Waals surface area contributed by atoms with Crippen molar-refractivity contribution in [3.05, 3.63) is 64.2 Å². The molecule has 236 valence electrons. The van der Waals surface area contributed by atoms with E-state index in [1.165, 1.54) is 27.1 Å². The molecule has 2 aromatic carbocycles. The average molecular weight is 670 g/mol. The predicted octanol–water partition coefficient (Wildman–Crippen LogP) is 5.96. The van der Waals surface area contributed by atoms with Crippen molar-refractivity contribution in [1.82, 2.24) is 20.1 Å². The Kier molecular flexibility index (Phi) is 9.63. The Balaban J connectivity index is 1.85. The Morgan fingerprint density at radius 2 is 1.84 bits per heavy atom. The fraction of sp³-hybridized carbons (Fsp3) is 0.321. The van der Waals surface area contributed by atoms with E-state index in [2.05, 4.69) is 35.0 Å². The summed E-state index contributed by atoms with van der Waals surface area (Å²) in [5, 5.41) is 6.83. The summed E-state index contributed by atoms with van der Waals surface area (Å²) in [5.41, 5.74) is -2.02. The Bertz CT molecular complexity index is 1870. The molecule has 0 aliphatic heterocycles. The molecule has 0 spiro atoms. The number of carbonyl (C=O) groups excluding carboxylic acids is 1. The van der Waals surface area contributed by atoms with Gasteiger partial charge in [0.25, 0.3) is 15.9 Å². The summed E-state index contributed by atoms with van der Waals surface area (Å²) in [5.74, 6) is -4.53. The molecule has 1 amide bonds. The van der Waals surface area contributed by atoms with E-state index in [4.69, 9.17) is 21.1 Å². The van der Waals surface area contributed by atoms with Gasteiger partial charge in [0.05, 0.1) is 23.4 Å². The van der Waals surface area contributed by atoms with Crippen molar-refractivity contribution in [2.24, 2.45) is 0 Å². The highest BCUT2D eigenvalue weighted by Gasteiger charge is 2.29. The fourth-order valence-corrected chi connectivity index (χ4v) is 6.64. The number of fused-ring (bicyclic) bond motifs is 1. The van der Waals surface area contributed by atoms with E-state index in [0.29, 0.717) is 12.2 Å². The van der Waals surface area contributed by atoms with E-state index in [0.717, 1.165) is 35.1 Å². The number of amides is 1. The van der Waals surface area contributed by atoms with Gasteiger partial charge in [-0.15, -0.1) is 0 Å². The number of aromatic nitrogens is 3. The maximum absolute atomic E-state index is 16.4. The second-order valence-electron chi connectivity index (χ2n) is 11.1. The number of aryl methyl sites for hydroxylation is 1. The molecule has 0 bridgehead atoms. The minimum absolute atomic E-state index is 0.0329. The number of nitrogens with zero attached hydrogens (tertiary/aromatic N) is 3. The summed E-state index contributed by atoms with van der Waals surface area (Å²) in [7, 11) is -3.43. The van der Waals surface area contributed by atoms with E-state index in [1.807, 2.05) is 4.72 Å². The molecule has 4 aromatic rings. The van der Waals surface area contributed by atoms with Crippen LogP contribution in [-0.4, -0.2) is 57.9 Å². The van der Waals surface area contributed by atoms with Crippen molar-refractivity contribution in [2.75, 3.05) is 25.5 Å². The Labute approximate surface area is 258 Å². The highest BCUT2D eigenvalue weighted by molar-refractivity contribution is 7.92. The van der Waals surface area contributed by atoms with Crippen LogP contribution in [-0.2, 0) is 21.5 Å². The van der Waals surface area contributed by atoms with E-state index < -0.39 is 63.2 Å². The third-order valence-electron chi connectivity index (χ3n) is 6.68. The molecule has 0 aliphatic rings. The number of benzene rings is 2. The zero-order valence-electron chi connectivity index (χ0n) is 24.8. The molecule has 44 heavy (non-hydrogen) atoms. The minimum Gasteiger partial charge on any atom is -0.480 e. The lowest BCUT2D eigenvalue weighted by Crippen LogP contribution is -2.22. The van der Waals surface area contributed by atoms with Crippen LogP contribution in [0.5, 0.6) is 5.88 Å². The maximum atomic E-state index is 16.4. The number of carbonyl (C=O) groups is 1. The molecular formula is C28H31ClF3N5O5SSi. The smallest absolute Gasteiger partial charge is 0.272 e. The number of pyridine rings is 1. The van der Waals surface area contributed by atoms with Crippen molar-refractivity contribution in [2.45, 2.75) is 44.2 Å². The Morgan fingerprint density at radius 3 is 2.48 bits per heavy atom. The molecule has 0 radical (unpaired) electrons. The van der Waals surface area contributed by atoms with Gasteiger partial charge in [-0.3, -0.25) is 9.52 Å². The van der Waals surface area contributed by atoms with Crippen molar-refractivity contribution in [3.8, 4) is 17.0 Å². The zero-order chi connectivity index (χ0) is 32.6. The monoisotopic (exact) mass is 669 g/mol. The second-order valence-corrected chi connectivity index (χ2v) is 18.8.